The summed E-state index contributed by atoms with van der Waals surface area (Å²) in [7, 11) is 1.62. The molecule has 146 valence electrons. The predicted octanol–water partition coefficient (Wildman–Crippen LogP) is 2.24. The zero-order valence-electron chi connectivity index (χ0n) is 16.6. The molecule has 1 fully saturated rings. The van der Waals surface area contributed by atoms with Crippen molar-refractivity contribution in [2.24, 2.45) is 5.92 Å². The van der Waals surface area contributed by atoms with Gasteiger partial charge in [0.2, 0.25) is 5.91 Å². The lowest BCUT2D eigenvalue weighted by Crippen LogP contribution is -2.55. The minimum absolute atomic E-state index is 0.0225. The Kier molecular flexibility index (Phi) is 7.85. The Hall–Kier alpha value is -1.66. The Labute approximate surface area is 157 Å². The van der Waals surface area contributed by atoms with Crippen molar-refractivity contribution in [2.45, 2.75) is 52.7 Å². The number of piperazine rings is 1. The van der Waals surface area contributed by atoms with E-state index in [4.69, 9.17) is 4.74 Å². The Balaban J connectivity index is 2.12. The van der Waals surface area contributed by atoms with E-state index < -0.39 is 0 Å². The number of aromatic nitrogens is 1. The van der Waals surface area contributed by atoms with E-state index in [1.807, 2.05) is 4.90 Å². The van der Waals surface area contributed by atoms with Crippen molar-refractivity contribution in [1.29, 1.82) is 0 Å². The summed E-state index contributed by atoms with van der Waals surface area (Å²) in [5.74, 6) is 1.64. The molecule has 0 bridgehead atoms. The second kappa shape index (κ2) is 9.88. The number of carbonyl (C=O) groups is 1. The van der Waals surface area contributed by atoms with Crippen LogP contribution < -0.4 is 4.90 Å². The van der Waals surface area contributed by atoms with Crippen LogP contribution in [0.5, 0.6) is 0 Å². The lowest BCUT2D eigenvalue weighted by atomic mass is 9.99. The van der Waals surface area contributed by atoms with Crippen LogP contribution in [0.15, 0.2) is 12.3 Å². The monoisotopic (exact) mass is 363 g/mol. The highest BCUT2D eigenvalue weighted by Gasteiger charge is 2.29. The fraction of sp³-hybridized carbons (Fsp3) is 0.700. The summed E-state index contributed by atoms with van der Waals surface area (Å²) in [6, 6.07) is 2.31. The van der Waals surface area contributed by atoms with Gasteiger partial charge in [0.1, 0.15) is 5.82 Å². The molecule has 1 amide bonds. The summed E-state index contributed by atoms with van der Waals surface area (Å²) >= 11 is 0. The smallest absolute Gasteiger partial charge is 0.225 e. The summed E-state index contributed by atoms with van der Waals surface area (Å²) in [4.78, 5) is 21.2. The predicted molar refractivity (Wildman–Crippen MR) is 103 cm³/mol. The van der Waals surface area contributed by atoms with Gasteiger partial charge in [0.25, 0.3) is 0 Å². The number of methoxy groups -OCH3 is 1. The molecule has 1 aromatic heterocycles. The highest BCUT2D eigenvalue weighted by atomic mass is 16.5. The second-order valence-corrected chi connectivity index (χ2v) is 7.41. The third-order valence-corrected chi connectivity index (χ3v) is 4.99. The number of hydrogen-bond acceptors (Lipinski definition) is 5. The summed E-state index contributed by atoms with van der Waals surface area (Å²) in [6.45, 7) is 9.26. The molecule has 0 aromatic carbocycles. The van der Waals surface area contributed by atoms with Crippen molar-refractivity contribution >= 4 is 11.7 Å². The van der Waals surface area contributed by atoms with E-state index in [-0.39, 0.29) is 18.6 Å². The van der Waals surface area contributed by atoms with Gasteiger partial charge in [-0.3, -0.25) is 4.79 Å². The van der Waals surface area contributed by atoms with Crippen LogP contribution in [0.4, 0.5) is 5.82 Å². The van der Waals surface area contributed by atoms with Crippen LogP contribution in [0.2, 0.25) is 0 Å². The number of carbonyl (C=O) groups excluding carboxylic acids is 1. The lowest BCUT2D eigenvalue weighted by Gasteiger charge is -2.42. The van der Waals surface area contributed by atoms with Crippen LogP contribution in [0.1, 0.15) is 44.7 Å². The van der Waals surface area contributed by atoms with Crippen LogP contribution >= 0.6 is 0 Å². The highest BCUT2D eigenvalue weighted by molar-refractivity contribution is 5.77. The Bertz CT molecular complexity index is 592. The quantitative estimate of drug-likeness (QED) is 0.767. The minimum Gasteiger partial charge on any atom is -0.392 e. The average molecular weight is 364 g/mol. The maximum atomic E-state index is 12.4. The molecule has 1 aliphatic rings. The molecule has 2 heterocycles. The zero-order valence-corrected chi connectivity index (χ0v) is 16.6. The fourth-order valence-corrected chi connectivity index (χ4v) is 3.53. The standard InChI is InChI=1S/C20H33N3O3/c1-5-18-13-22(7-8-23(18)20(25)6-9-26-4)19-11-16(10-15(2)3)17(14-24)12-21-19/h11-12,15,18,24H,5-10,13-14H2,1-4H3/t18-/m1/s1. The molecule has 0 saturated carbocycles. The Morgan fingerprint density at radius 2 is 2.15 bits per heavy atom. The maximum Gasteiger partial charge on any atom is 0.225 e. The average Bonchev–Trinajstić information content (AvgIpc) is 2.65. The number of rotatable bonds is 8. The van der Waals surface area contributed by atoms with Gasteiger partial charge >= 0.3 is 0 Å². The van der Waals surface area contributed by atoms with Crippen molar-refractivity contribution < 1.29 is 14.6 Å². The first-order valence-electron chi connectivity index (χ1n) is 9.62. The van der Waals surface area contributed by atoms with Gasteiger partial charge in [-0.05, 0) is 36.0 Å². The van der Waals surface area contributed by atoms with Crippen molar-refractivity contribution in [1.82, 2.24) is 9.88 Å². The van der Waals surface area contributed by atoms with E-state index in [0.717, 1.165) is 37.3 Å². The van der Waals surface area contributed by atoms with Crippen molar-refractivity contribution in [3.8, 4) is 0 Å². The van der Waals surface area contributed by atoms with Crippen LogP contribution in [-0.4, -0.2) is 60.3 Å². The van der Waals surface area contributed by atoms with E-state index in [1.54, 1.807) is 13.3 Å². The number of aliphatic hydroxyl groups is 1. The molecule has 0 radical (unpaired) electrons. The molecular formula is C20H33N3O3. The molecule has 1 aromatic rings. The molecule has 26 heavy (non-hydrogen) atoms. The third kappa shape index (κ3) is 5.17. The van der Waals surface area contributed by atoms with Gasteiger partial charge in [-0.1, -0.05) is 20.8 Å². The highest BCUT2D eigenvalue weighted by Crippen LogP contribution is 2.23. The number of amides is 1. The molecule has 6 nitrogen and oxygen atoms in total. The van der Waals surface area contributed by atoms with Crippen LogP contribution in [0.3, 0.4) is 0 Å². The first kappa shape index (κ1) is 20.6. The summed E-state index contributed by atoms with van der Waals surface area (Å²) in [5, 5.41) is 9.57. The van der Waals surface area contributed by atoms with Gasteiger partial charge in [0.05, 0.1) is 19.6 Å². The molecule has 1 N–H and O–H groups in total. The second-order valence-electron chi connectivity index (χ2n) is 7.41. The van der Waals surface area contributed by atoms with Crippen molar-refractivity contribution in [3.05, 3.63) is 23.4 Å². The molecule has 1 saturated heterocycles. The van der Waals surface area contributed by atoms with Crippen LogP contribution in [0, 0.1) is 5.92 Å². The molecular weight excluding hydrogens is 330 g/mol. The van der Waals surface area contributed by atoms with E-state index in [0.29, 0.717) is 25.5 Å². The number of nitrogens with zero attached hydrogens (tertiary/aromatic N) is 3. The molecule has 0 spiro atoms. The molecule has 1 atom stereocenters. The number of aliphatic hydroxyl groups excluding tert-OH is 1. The topological polar surface area (TPSA) is 65.9 Å². The van der Waals surface area contributed by atoms with Crippen molar-refractivity contribution in [2.75, 3.05) is 38.3 Å². The van der Waals surface area contributed by atoms with Gasteiger partial charge in [-0.25, -0.2) is 4.98 Å². The molecule has 0 aliphatic carbocycles. The van der Waals surface area contributed by atoms with E-state index in [1.165, 1.54) is 5.56 Å². The molecule has 2 rings (SSSR count). The van der Waals surface area contributed by atoms with Crippen molar-refractivity contribution in [3.63, 3.8) is 0 Å². The minimum atomic E-state index is 0.0225. The lowest BCUT2D eigenvalue weighted by molar-refractivity contribution is -0.135. The Morgan fingerprint density at radius 3 is 2.77 bits per heavy atom. The largest absolute Gasteiger partial charge is 0.392 e. The first-order chi connectivity index (χ1) is 12.5. The van der Waals surface area contributed by atoms with E-state index in [9.17, 15) is 9.90 Å². The molecule has 6 heteroatoms. The SMILES string of the molecule is CC[C@@H]1CN(c2cc(CC(C)C)c(CO)cn2)CCN1C(=O)CCOC. The summed E-state index contributed by atoms with van der Waals surface area (Å²) in [6.07, 6.45) is 4.08. The van der Waals surface area contributed by atoms with Crippen LogP contribution in [-0.2, 0) is 22.6 Å². The van der Waals surface area contributed by atoms with Crippen LogP contribution in [0.25, 0.3) is 0 Å². The van der Waals surface area contributed by atoms with Gasteiger partial charge < -0.3 is 19.6 Å². The number of pyridine rings is 1. The maximum absolute atomic E-state index is 12.4. The van der Waals surface area contributed by atoms with E-state index >= 15 is 0 Å². The van der Waals surface area contributed by atoms with E-state index in [2.05, 4.69) is 36.7 Å². The third-order valence-electron chi connectivity index (χ3n) is 4.99. The van der Waals surface area contributed by atoms with Gasteiger partial charge in [-0.2, -0.15) is 0 Å². The Morgan fingerprint density at radius 1 is 1.38 bits per heavy atom. The zero-order chi connectivity index (χ0) is 19.1. The first-order valence-corrected chi connectivity index (χ1v) is 9.62. The van der Waals surface area contributed by atoms with Gasteiger partial charge in [0, 0.05) is 39.0 Å². The number of hydrogen-bond donors (Lipinski definition) is 1. The fourth-order valence-electron chi connectivity index (χ4n) is 3.53. The summed E-state index contributed by atoms with van der Waals surface area (Å²) in [5.41, 5.74) is 2.07. The van der Waals surface area contributed by atoms with Gasteiger partial charge in [-0.15, -0.1) is 0 Å². The van der Waals surface area contributed by atoms with Gasteiger partial charge in [0.15, 0.2) is 0 Å². The normalized spacial score (nSPS) is 17.8. The number of ether oxygens (including phenoxy) is 1. The summed E-state index contributed by atoms with van der Waals surface area (Å²) < 4.78 is 5.04. The number of anilines is 1. The molecule has 1 aliphatic heterocycles. The molecule has 0 unspecified atom stereocenters.